The smallest absolute Gasteiger partial charge is 0.356 e. The molecule has 1 aromatic rings. The molecule has 13 heteroatoms. The molecule has 4 rings (SSSR count). The third-order valence-electron chi connectivity index (χ3n) is 6.85. The Labute approximate surface area is 199 Å². The molecule has 1 amide bonds. The van der Waals surface area contributed by atoms with Crippen LogP contribution in [-0.2, 0) is 11.0 Å². The molecule has 3 aliphatic rings. The molecule has 0 spiro atoms. The van der Waals surface area contributed by atoms with Crippen LogP contribution in [0.5, 0.6) is 0 Å². The van der Waals surface area contributed by atoms with Crippen LogP contribution in [0.1, 0.15) is 32.0 Å². The monoisotopic (exact) mass is 506 g/mol. The van der Waals surface area contributed by atoms with Gasteiger partial charge in [0.2, 0.25) is 11.7 Å². The lowest BCUT2D eigenvalue weighted by molar-refractivity contribution is -0.144. The van der Waals surface area contributed by atoms with Gasteiger partial charge < -0.3 is 20.4 Å². The molecule has 2 saturated heterocycles. The molecule has 0 aromatic carbocycles. The minimum Gasteiger partial charge on any atom is -0.356 e. The molecule has 0 radical (unpaired) electrons. The maximum atomic E-state index is 13.5. The highest BCUT2D eigenvalue weighted by Gasteiger charge is 2.43. The van der Waals surface area contributed by atoms with E-state index in [4.69, 9.17) is 0 Å². The highest BCUT2D eigenvalue weighted by atomic mass is 19.4. The predicted octanol–water partition coefficient (Wildman–Crippen LogP) is 3.13. The molecule has 2 fully saturated rings. The van der Waals surface area contributed by atoms with Crippen molar-refractivity contribution >= 4 is 17.5 Å². The van der Waals surface area contributed by atoms with Crippen molar-refractivity contribution in [3.8, 4) is 0 Å². The van der Waals surface area contributed by atoms with Gasteiger partial charge in [-0.3, -0.25) is 4.79 Å². The SMILES string of the molecule is C[C@H]1C(C(F)(F)F)=CCC1NC(=O)[C@@H]1CCCN(c2cc(N3CCNCC3)nc(C(F)(F)F)n2)C1. The fourth-order valence-corrected chi connectivity index (χ4v) is 4.89. The number of carbonyl (C=O) groups is 1. The number of anilines is 2. The largest absolute Gasteiger partial charge is 0.451 e. The van der Waals surface area contributed by atoms with Gasteiger partial charge in [-0.05, 0) is 19.3 Å². The van der Waals surface area contributed by atoms with Crippen molar-refractivity contribution in [1.29, 1.82) is 0 Å². The molecule has 1 aliphatic carbocycles. The standard InChI is InChI=1S/C22H28F6N6O/c1-13-15(21(23,24)25)4-5-16(13)30-19(35)14-3-2-8-34(12-14)18-11-17(33-9-6-29-7-10-33)31-20(32-18)22(26,27)28/h4,11,13-14,16,29H,2-3,5-10,12H2,1H3,(H,30,35)/t13-,14+,16?/m0/s1. The van der Waals surface area contributed by atoms with Crippen LogP contribution >= 0.6 is 0 Å². The molecule has 194 valence electrons. The molecule has 2 N–H and O–H groups in total. The van der Waals surface area contributed by atoms with Crippen LogP contribution in [-0.4, -0.2) is 67.4 Å². The first-order valence-electron chi connectivity index (χ1n) is 11.7. The van der Waals surface area contributed by atoms with Crippen LogP contribution in [0.3, 0.4) is 0 Å². The summed E-state index contributed by atoms with van der Waals surface area (Å²) in [6, 6.07) is 0.851. The Morgan fingerprint density at radius 3 is 2.29 bits per heavy atom. The fraction of sp³-hybridized carbons (Fsp3) is 0.682. The maximum Gasteiger partial charge on any atom is 0.451 e. The third-order valence-corrected chi connectivity index (χ3v) is 6.85. The summed E-state index contributed by atoms with van der Waals surface area (Å²) in [5.41, 5.74) is -0.644. The quantitative estimate of drug-likeness (QED) is 0.483. The highest BCUT2D eigenvalue weighted by molar-refractivity contribution is 5.80. The van der Waals surface area contributed by atoms with Gasteiger partial charge in [-0.1, -0.05) is 13.0 Å². The zero-order valence-electron chi connectivity index (χ0n) is 19.2. The molecule has 2 aliphatic heterocycles. The third kappa shape index (κ3) is 5.81. The van der Waals surface area contributed by atoms with Crippen molar-refractivity contribution in [3.63, 3.8) is 0 Å². The van der Waals surface area contributed by atoms with Gasteiger partial charge in [-0.2, -0.15) is 26.3 Å². The maximum absolute atomic E-state index is 13.5. The van der Waals surface area contributed by atoms with Crippen LogP contribution in [0.15, 0.2) is 17.7 Å². The number of amides is 1. The van der Waals surface area contributed by atoms with Crippen molar-refractivity contribution in [3.05, 3.63) is 23.5 Å². The lowest BCUT2D eigenvalue weighted by Gasteiger charge is -2.35. The number of piperidine rings is 1. The van der Waals surface area contributed by atoms with Crippen molar-refractivity contribution in [2.45, 2.75) is 44.6 Å². The van der Waals surface area contributed by atoms with Gasteiger partial charge in [-0.25, -0.2) is 9.97 Å². The van der Waals surface area contributed by atoms with E-state index in [9.17, 15) is 31.1 Å². The minimum atomic E-state index is -4.73. The summed E-state index contributed by atoms with van der Waals surface area (Å²) in [7, 11) is 0. The molecule has 35 heavy (non-hydrogen) atoms. The van der Waals surface area contributed by atoms with E-state index in [0.717, 1.165) is 6.08 Å². The molecule has 0 saturated carbocycles. The van der Waals surface area contributed by atoms with Gasteiger partial charge >= 0.3 is 12.4 Å². The highest BCUT2D eigenvalue weighted by Crippen LogP contribution is 2.38. The van der Waals surface area contributed by atoms with E-state index in [1.807, 2.05) is 0 Å². The Kier molecular flexibility index (Phi) is 7.16. The number of hydrogen-bond donors (Lipinski definition) is 2. The summed E-state index contributed by atoms with van der Waals surface area (Å²) in [6.07, 6.45) is -6.93. The number of rotatable bonds is 4. The molecular weight excluding hydrogens is 478 g/mol. The summed E-state index contributed by atoms with van der Waals surface area (Å²) in [4.78, 5) is 23.8. The van der Waals surface area contributed by atoms with Crippen LogP contribution in [0.4, 0.5) is 38.0 Å². The molecule has 3 heterocycles. The molecule has 1 aromatic heterocycles. The number of carbonyl (C=O) groups excluding carboxylic acids is 1. The molecular formula is C22H28F6N6O. The molecule has 3 atom stereocenters. The number of aromatic nitrogens is 2. The normalized spacial score (nSPS) is 26.0. The Hall–Kier alpha value is -2.57. The lowest BCUT2D eigenvalue weighted by Crippen LogP contribution is -2.47. The number of nitrogens with one attached hydrogen (secondary N) is 2. The van der Waals surface area contributed by atoms with Gasteiger partial charge in [-0.15, -0.1) is 0 Å². The number of hydrogen-bond acceptors (Lipinski definition) is 6. The minimum absolute atomic E-state index is 0.0904. The van der Waals surface area contributed by atoms with Gasteiger partial charge in [0.05, 0.1) is 5.92 Å². The van der Waals surface area contributed by atoms with E-state index in [-0.39, 0.29) is 24.6 Å². The summed E-state index contributed by atoms with van der Waals surface area (Å²) in [5, 5.41) is 5.87. The average molecular weight is 506 g/mol. The van der Waals surface area contributed by atoms with Crippen LogP contribution in [0.2, 0.25) is 0 Å². The topological polar surface area (TPSA) is 73.4 Å². The van der Waals surface area contributed by atoms with E-state index >= 15 is 0 Å². The van der Waals surface area contributed by atoms with Crippen LogP contribution in [0, 0.1) is 11.8 Å². The van der Waals surface area contributed by atoms with E-state index < -0.39 is 47.5 Å². The van der Waals surface area contributed by atoms with Crippen molar-refractivity contribution < 1.29 is 31.1 Å². The second-order valence-corrected chi connectivity index (χ2v) is 9.22. The summed E-state index contributed by atoms with van der Waals surface area (Å²) < 4.78 is 80.0. The van der Waals surface area contributed by atoms with Gasteiger partial charge in [0.25, 0.3) is 0 Å². The van der Waals surface area contributed by atoms with E-state index in [2.05, 4.69) is 20.6 Å². The Balaban J connectivity index is 1.48. The van der Waals surface area contributed by atoms with E-state index in [1.165, 1.54) is 13.0 Å². The van der Waals surface area contributed by atoms with Crippen molar-refractivity contribution in [1.82, 2.24) is 20.6 Å². The Morgan fingerprint density at radius 1 is 1.03 bits per heavy atom. The van der Waals surface area contributed by atoms with Crippen molar-refractivity contribution in [2.24, 2.45) is 11.8 Å². The van der Waals surface area contributed by atoms with Gasteiger partial charge in [0.1, 0.15) is 11.6 Å². The summed E-state index contributed by atoms with van der Waals surface area (Å²) in [6.45, 7) is 4.23. The van der Waals surface area contributed by atoms with Gasteiger partial charge in [0, 0.05) is 62.9 Å². The average Bonchev–Trinajstić information content (AvgIpc) is 3.19. The van der Waals surface area contributed by atoms with E-state index in [1.54, 1.807) is 9.80 Å². The lowest BCUT2D eigenvalue weighted by atomic mass is 9.94. The number of alkyl halides is 6. The van der Waals surface area contributed by atoms with Gasteiger partial charge in [0.15, 0.2) is 0 Å². The van der Waals surface area contributed by atoms with Crippen molar-refractivity contribution in [2.75, 3.05) is 49.1 Å². The summed E-state index contributed by atoms with van der Waals surface area (Å²) in [5.74, 6) is -2.79. The second kappa shape index (κ2) is 9.82. The molecule has 7 nitrogen and oxygen atoms in total. The fourth-order valence-electron chi connectivity index (χ4n) is 4.89. The van der Waals surface area contributed by atoms with Crippen LogP contribution in [0.25, 0.3) is 0 Å². The zero-order valence-corrected chi connectivity index (χ0v) is 19.2. The first kappa shape index (κ1) is 25.5. The first-order valence-corrected chi connectivity index (χ1v) is 11.7. The molecule has 1 unspecified atom stereocenters. The second-order valence-electron chi connectivity index (χ2n) is 9.22. The summed E-state index contributed by atoms with van der Waals surface area (Å²) >= 11 is 0. The number of halogens is 6. The molecule has 0 bridgehead atoms. The predicted molar refractivity (Wildman–Crippen MR) is 117 cm³/mol. The number of piperazine rings is 1. The van der Waals surface area contributed by atoms with E-state index in [0.29, 0.717) is 45.6 Å². The zero-order chi connectivity index (χ0) is 25.4. The first-order chi connectivity index (χ1) is 16.4. The Morgan fingerprint density at radius 2 is 1.69 bits per heavy atom. The van der Waals surface area contributed by atoms with Crippen LogP contribution < -0.4 is 20.4 Å². The Bertz CT molecular complexity index is 959. The number of nitrogens with zero attached hydrogens (tertiary/aromatic N) is 4.